The van der Waals surface area contributed by atoms with E-state index in [1.54, 1.807) is 0 Å². The third-order valence-corrected chi connectivity index (χ3v) is 13.5. The van der Waals surface area contributed by atoms with Crippen LogP contribution in [-0.4, -0.2) is 37.2 Å². The lowest BCUT2D eigenvalue weighted by Gasteiger charge is -2.18. The topological polar surface area (TPSA) is 78.9 Å². The Morgan fingerprint density at radius 3 is 0.790 bits per heavy atom. The fraction of sp³-hybridized carbons (Fsp3) is 0.613. The Labute approximate surface area is 499 Å². The van der Waals surface area contributed by atoms with E-state index in [1.165, 1.54) is 103 Å². The van der Waals surface area contributed by atoms with Gasteiger partial charge in [-0.05, 0) is 148 Å². The molecule has 0 aliphatic rings. The van der Waals surface area contributed by atoms with Crippen molar-refractivity contribution in [2.24, 2.45) is 0 Å². The summed E-state index contributed by atoms with van der Waals surface area (Å²) in [6, 6.07) is 0. The summed E-state index contributed by atoms with van der Waals surface area (Å²) < 4.78 is 16.9. The Kier molecular flexibility index (Phi) is 63.4. The fourth-order valence-corrected chi connectivity index (χ4v) is 8.62. The van der Waals surface area contributed by atoms with E-state index in [0.29, 0.717) is 19.3 Å². The molecule has 6 heteroatoms. The van der Waals surface area contributed by atoms with E-state index in [2.05, 4.69) is 179 Å². The second-order valence-corrected chi connectivity index (χ2v) is 21.3. The molecule has 6 nitrogen and oxygen atoms in total. The van der Waals surface area contributed by atoms with Crippen molar-refractivity contribution in [2.75, 3.05) is 13.2 Å². The van der Waals surface area contributed by atoms with Crippen molar-refractivity contribution in [3.05, 3.63) is 158 Å². The van der Waals surface area contributed by atoms with Gasteiger partial charge in [0.05, 0.1) is 0 Å². The number of allylic oxidation sites excluding steroid dienone is 26. The van der Waals surface area contributed by atoms with Gasteiger partial charge >= 0.3 is 17.9 Å². The van der Waals surface area contributed by atoms with E-state index >= 15 is 0 Å². The van der Waals surface area contributed by atoms with Crippen molar-refractivity contribution in [3.8, 4) is 0 Å². The molecule has 0 fully saturated rings. The highest BCUT2D eigenvalue weighted by atomic mass is 16.6. The molecule has 0 N–H and O–H groups in total. The molecule has 0 aromatic heterocycles. The number of rotatable bonds is 58. The van der Waals surface area contributed by atoms with Crippen LogP contribution in [0.3, 0.4) is 0 Å². The van der Waals surface area contributed by atoms with Crippen LogP contribution < -0.4 is 0 Å². The summed E-state index contributed by atoms with van der Waals surface area (Å²) >= 11 is 0. The number of esters is 3. The van der Waals surface area contributed by atoms with Gasteiger partial charge in [0, 0.05) is 19.3 Å². The molecular formula is C75H120O6. The van der Waals surface area contributed by atoms with Gasteiger partial charge in [0.2, 0.25) is 0 Å². The molecule has 1 unspecified atom stereocenters. The lowest BCUT2D eigenvalue weighted by molar-refractivity contribution is -0.167. The SMILES string of the molecule is CC/C=C\C/C=C\C/C=C\C/C=C\C/C=C\C/C=C\CCCCC(=O)OCC(COC(=O)CCCCCCCCCCC/C=C\CCCCCCCCCC)OC(=O)CCCC/C=C\C/C=C\C/C=C\C/C=C\C/C=C\C/C=C\CC. The van der Waals surface area contributed by atoms with Crippen LogP contribution in [0.2, 0.25) is 0 Å². The second-order valence-electron chi connectivity index (χ2n) is 21.3. The quantitative estimate of drug-likeness (QED) is 0.0261. The Bertz CT molecular complexity index is 1810. The molecule has 0 aromatic rings. The summed E-state index contributed by atoms with van der Waals surface area (Å²) in [4.78, 5) is 38.4. The monoisotopic (exact) mass is 1120 g/mol. The summed E-state index contributed by atoms with van der Waals surface area (Å²) in [6.07, 6.45) is 98.2. The Morgan fingerprint density at radius 2 is 0.481 bits per heavy atom. The normalized spacial score (nSPS) is 13.2. The summed E-state index contributed by atoms with van der Waals surface area (Å²) in [7, 11) is 0. The zero-order valence-corrected chi connectivity index (χ0v) is 52.2. The summed E-state index contributed by atoms with van der Waals surface area (Å²) in [5.74, 6) is -1.01. The highest BCUT2D eigenvalue weighted by Crippen LogP contribution is 2.15. The molecule has 0 amide bonds. The van der Waals surface area contributed by atoms with Crippen molar-refractivity contribution >= 4 is 17.9 Å². The molecule has 81 heavy (non-hydrogen) atoms. The first-order chi connectivity index (χ1) is 40.0. The molecule has 0 spiro atoms. The first-order valence-corrected chi connectivity index (χ1v) is 33.0. The first-order valence-electron chi connectivity index (χ1n) is 33.0. The van der Waals surface area contributed by atoms with E-state index in [-0.39, 0.29) is 44.0 Å². The van der Waals surface area contributed by atoms with E-state index in [9.17, 15) is 14.4 Å². The molecule has 0 saturated carbocycles. The molecular weight excluding hydrogens is 997 g/mol. The van der Waals surface area contributed by atoms with Gasteiger partial charge in [-0.3, -0.25) is 14.4 Å². The predicted molar refractivity (Wildman–Crippen MR) is 352 cm³/mol. The van der Waals surface area contributed by atoms with Gasteiger partial charge in [-0.1, -0.05) is 269 Å². The minimum Gasteiger partial charge on any atom is -0.462 e. The maximum atomic E-state index is 12.9. The van der Waals surface area contributed by atoms with E-state index < -0.39 is 6.10 Å². The van der Waals surface area contributed by atoms with Gasteiger partial charge in [-0.25, -0.2) is 0 Å². The third-order valence-electron chi connectivity index (χ3n) is 13.5. The average Bonchev–Trinajstić information content (AvgIpc) is 3.47. The molecule has 0 radical (unpaired) electrons. The Balaban J connectivity index is 4.57. The van der Waals surface area contributed by atoms with Gasteiger partial charge < -0.3 is 14.2 Å². The summed E-state index contributed by atoms with van der Waals surface area (Å²) in [6.45, 7) is 6.35. The smallest absolute Gasteiger partial charge is 0.306 e. The minimum atomic E-state index is -0.830. The number of ether oxygens (including phenoxy) is 3. The van der Waals surface area contributed by atoms with Gasteiger partial charge in [0.1, 0.15) is 13.2 Å². The predicted octanol–water partition coefficient (Wildman–Crippen LogP) is 22.9. The maximum Gasteiger partial charge on any atom is 0.306 e. The molecule has 0 heterocycles. The highest BCUT2D eigenvalue weighted by molar-refractivity contribution is 5.71. The Hall–Kier alpha value is -4.97. The Morgan fingerprint density at radius 1 is 0.259 bits per heavy atom. The zero-order valence-electron chi connectivity index (χ0n) is 52.2. The minimum absolute atomic E-state index is 0.117. The highest BCUT2D eigenvalue weighted by Gasteiger charge is 2.19. The van der Waals surface area contributed by atoms with E-state index in [1.807, 2.05) is 0 Å². The summed E-state index contributed by atoms with van der Waals surface area (Å²) in [5, 5.41) is 0. The average molecular weight is 1120 g/mol. The van der Waals surface area contributed by atoms with Gasteiger partial charge in [-0.15, -0.1) is 0 Å². The molecule has 0 bridgehead atoms. The molecule has 0 rings (SSSR count). The number of carbonyl (C=O) groups is 3. The standard InChI is InChI=1S/C75H120O6/c1-4-7-10-13-16-19-22-25-28-31-34-37-40-43-46-49-52-55-58-61-64-67-73(76)79-70-72(81-75(78)69-66-63-60-57-54-51-48-45-42-39-36-33-30-27-24-21-18-15-12-9-6-3)71-80-74(77)68-65-62-59-56-53-50-47-44-41-38-35-32-29-26-23-20-17-14-11-8-5-2/h7,9-10,12,16,18-19,21,25,27-28,30,32,34-37,39,43,45-46,48,52,54-55,57,72H,4-6,8,11,13-15,17,20,22-24,26,29,31,33,38,40-42,44,47,49-51,53,56,58-71H2,1-3H3/b10-7-,12-9-,19-16-,21-18-,28-25-,30-27-,35-32-,37-34-,39-36-,46-43-,48-45-,55-52-,57-54-. The van der Waals surface area contributed by atoms with Gasteiger partial charge in [0.25, 0.3) is 0 Å². The molecule has 0 saturated heterocycles. The van der Waals surface area contributed by atoms with Crippen LogP contribution in [-0.2, 0) is 28.6 Å². The van der Waals surface area contributed by atoms with Crippen molar-refractivity contribution < 1.29 is 28.6 Å². The van der Waals surface area contributed by atoms with Crippen molar-refractivity contribution in [3.63, 3.8) is 0 Å². The lowest BCUT2D eigenvalue weighted by atomic mass is 10.1. The largest absolute Gasteiger partial charge is 0.462 e. The second kappa shape index (κ2) is 67.5. The van der Waals surface area contributed by atoms with Crippen LogP contribution in [0.5, 0.6) is 0 Å². The molecule has 0 aliphatic heterocycles. The molecule has 456 valence electrons. The van der Waals surface area contributed by atoms with Gasteiger partial charge in [-0.2, -0.15) is 0 Å². The van der Waals surface area contributed by atoms with Crippen LogP contribution in [0, 0.1) is 0 Å². The zero-order chi connectivity index (χ0) is 58.5. The van der Waals surface area contributed by atoms with Crippen LogP contribution in [0.1, 0.15) is 278 Å². The van der Waals surface area contributed by atoms with Crippen LogP contribution in [0.4, 0.5) is 0 Å². The van der Waals surface area contributed by atoms with Crippen molar-refractivity contribution in [2.45, 2.75) is 284 Å². The van der Waals surface area contributed by atoms with Crippen molar-refractivity contribution in [1.82, 2.24) is 0 Å². The molecule has 0 aliphatic carbocycles. The number of hydrogen-bond acceptors (Lipinski definition) is 6. The van der Waals surface area contributed by atoms with E-state index in [0.717, 1.165) is 122 Å². The number of carbonyl (C=O) groups excluding carboxylic acids is 3. The maximum absolute atomic E-state index is 12.9. The molecule has 0 aromatic carbocycles. The van der Waals surface area contributed by atoms with Gasteiger partial charge in [0.15, 0.2) is 6.10 Å². The summed E-state index contributed by atoms with van der Waals surface area (Å²) in [5.41, 5.74) is 0. The number of hydrogen-bond donors (Lipinski definition) is 0. The number of unbranched alkanes of at least 4 members (excludes halogenated alkanes) is 21. The van der Waals surface area contributed by atoms with Crippen LogP contribution in [0.25, 0.3) is 0 Å². The van der Waals surface area contributed by atoms with Crippen molar-refractivity contribution in [1.29, 1.82) is 0 Å². The molecule has 1 atom stereocenters. The fourth-order valence-electron chi connectivity index (χ4n) is 8.62. The van der Waals surface area contributed by atoms with E-state index in [4.69, 9.17) is 14.2 Å². The third kappa shape index (κ3) is 65.7. The first kappa shape index (κ1) is 76.0. The van der Waals surface area contributed by atoms with Crippen LogP contribution in [0.15, 0.2) is 158 Å². The van der Waals surface area contributed by atoms with Crippen LogP contribution >= 0.6 is 0 Å². The lowest BCUT2D eigenvalue weighted by Crippen LogP contribution is -2.30.